The Hall–Kier alpha value is -3.78. The van der Waals surface area contributed by atoms with Crippen LogP contribution < -0.4 is 0 Å². The summed E-state index contributed by atoms with van der Waals surface area (Å²) >= 11 is 0. The molecule has 0 atom stereocenters. The molecule has 0 aromatic carbocycles. The topological polar surface area (TPSA) is 195 Å². The molecule has 0 fully saturated rings. The highest BCUT2D eigenvalue weighted by Gasteiger charge is 2.32. The minimum atomic E-state index is -0.831. The Labute approximate surface area is 117 Å². The van der Waals surface area contributed by atoms with Gasteiger partial charge in [0.25, 0.3) is 11.4 Å². The first-order valence-electron chi connectivity index (χ1n) is 5.34. The summed E-state index contributed by atoms with van der Waals surface area (Å²) in [6, 6.07) is 0. The monoisotopic (exact) mass is 309 g/mol. The van der Waals surface area contributed by atoms with Crippen LogP contribution >= 0.6 is 0 Å². The third-order valence-electron chi connectivity index (χ3n) is 2.47. The van der Waals surface area contributed by atoms with Crippen LogP contribution in [0.3, 0.4) is 0 Å². The molecule has 15 nitrogen and oxygen atoms in total. The highest BCUT2D eigenvalue weighted by Crippen LogP contribution is 2.28. The van der Waals surface area contributed by atoms with Gasteiger partial charge in [-0.1, -0.05) is 0 Å². The summed E-state index contributed by atoms with van der Waals surface area (Å²) in [5.74, 6) is -1.68. The fourth-order valence-corrected chi connectivity index (χ4v) is 1.58. The molecule has 0 radical (unpaired) electrons. The average Bonchev–Trinajstić information content (AvgIpc) is 3.16. The van der Waals surface area contributed by atoms with Gasteiger partial charge in [-0.05, 0) is 20.2 Å². The van der Waals surface area contributed by atoms with Crippen molar-refractivity contribution < 1.29 is 19.1 Å². The third kappa shape index (κ3) is 1.92. The zero-order valence-electron chi connectivity index (χ0n) is 10.5. The maximum Gasteiger partial charge on any atom is 0.446 e. The SMILES string of the molecule is Cn1nc(-c2nonc2[N+](=O)[O-])nc1-c1nonc1[N+](=O)[O-]. The van der Waals surface area contributed by atoms with E-state index >= 15 is 0 Å². The zero-order chi connectivity index (χ0) is 15.9. The maximum atomic E-state index is 10.8. The van der Waals surface area contributed by atoms with Crippen molar-refractivity contribution in [3.63, 3.8) is 0 Å². The van der Waals surface area contributed by atoms with E-state index in [1.807, 2.05) is 0 Å². The highest BCUT2D eigenvalue weighted by atomic mass is 16.6. The number of aryl methyl sites for hydroxylation is 1. The molecule has 0 aliphatic heterocycles. The van der Waals surface area contributed by atoms with Crippen molar-refractivity contribution in [3.8, 4) is 23.0 Å². The molecule has 22 heavy (non-hydrogen) atoms. The normalized spacial score (nSPS) is 10.8. The molecule has 0 saturated heterocycles. The Morgan fingerprint density at radius 3 is 2.09 bits per heavy atom. The first kappa shape index (κ1) is 13.2. The van der Waals surface area contributed by atoms with E-state index in [2.05, 4.69) is 40.0 Å². The van der Waals surface area contributed by atoms with Crippen molar-refractivity contribution in [1.29, 1.82) is 0 Å². The largest absolute Gasteiger partial charge is 0.446 e. The molecule has 0 aliphatic rings. The summed E-state index contributed by atoms with van der Waals surface area (Å²) in [4.78, 5) is 23.8. The minimum Gasteiger partial charge on any atom is -0.358 e. The quantitative estimate of drug-likeness (QED) is 0.452. The summed E-state index contributed by atoms with van der Waals surface area (Å²) in [5.41, 5.74) is -0.615. The molecule has 0 amide bonds. The molecule has 3 aromatic heterocycles. The zero-order valence-corrected chi connectivity index (χ0v) is 10.5. The van der Waals surface area contributed by atoms with Crippen molar-refractivity contribution in [3.05, 3.63) is 20.2 Å². The number of aromatic nitrogens is 7. The number of hydrogen-bond donors (Lipinski definition) is 0. The fourth-order valence-electron chi connectivity index (χ4n) is 1.58. The summed E-state index contributed by atoms with van der Waals surface area (Å²) < 4.78 is 9.68. The number of hydrogen-bond acceptors (Lipinski definition) is 12. The van der Waals surface area contributed by atoms with Crippen LogP contribution in [0.15, 0.2) is 9.26 Å². The van der Waals surface area contributed by atoms with Crippen LogP contribution in [0, 0.1) is 20.2 Å². The molecule has 3 aromatic rings. The van der Waals surface area contributed by atoms with Crippen LogP contribution in [0.1, 0.15) is 0 Å². The Morgan fingerprint density at radius 2 is 1.50 bits per heavy atom. The molecule has 0 aliphatic carbocycles. The lowest BCUT2D eigenvalue weighted by atomic mass is 10.4. The van der Waals surface area contributed by atoms with Crippen molar-refractivity contribution >= 4 is 11.6 Å². The molecule has 0 bridgehead atoms. The molecule has 3 rings (SSSR count). The van der Waals surface area contributed by atoms with Gasteiger partial charge in [0, 0.05) is 7.05 Å². The molecule has 0 saturated carbocycles. The van der Waals surface area contributed by atoms with Gasteiger partial charge >= 0.3 is 11.6 Å². The van der Waals surface area contributed by atoms with E-state index in [1.54, 1.807) is 0 Å². The van der Waals surface area contributed by atoms with E-state index in [4.69, 9.17) is 0 Å². The first-order valence-corrected chi connectivity index (χ1v) is 5.34. The minimum absolute atomic E-state index is 0.0970. The van der Waals surface area contributed by atoms with Crippen LogP contribution in [0.4, 0.5) is 11.6 Å². The van der Waals surface area contributed by atoms with Crippen LogP contribution in [-0.2, 0) is 7.05 Å². The average molecular weight is 309 g/mol. The third-order valence-corrected chi connectivity index (χ3v) is 2.47. The lowest BCUT2D eigenvalue weighted by Gasteiger charge is -1.92. The van der Waals surface area contributed by atoms with Gasteiger partial charge in [-0.2, -0.15) is 0 Å². The van der Waals surface area contributed by atoms with Crippen molar-refractivity contribution in [2.45, 2.75) is 0 Å². The molecule has 15 heteroatoms. The Kier molecular flexibility index (Phi) is 2.79. The van der Waals surface area contributed by atoms with Gasteiger partial charge in [0.2, 0.25) is 5.82 Å². The van der Waals surface area contributed by atoms with Crippen molar-refractivity contribution in [2.75, 3.05) is 0 Å². The highest BCUT2D eigenvalue weighted by molar-refractivity contribution is 5.64. The van der Waals surface area contributed by atoms with Crippen LogP contribution in [0.2, 0.25) is 0 Å². The summed E-state index contributed by atoms with van der Waals surface area (Å²) in [6.07, 6.45) is 0. The van der Waals surface area contributed by atoms with E-state index in [9.17, 15) is 20.2 Å². The molecular weight excluding hydrogens is 306 g/mol. The van der Waals surface area contributed by atoms with Gasteiger partial charge in [0.1, 0.15) is 0 Å². The first-order chi connectivity index (χ1) is 10.5. The van der Waals surface area contributed by atoms with Gasteiger partial charge in [-0.25, -0.2) is 9.67 Å². The Balaban J connectivity index is 2.12. The Bertz CT molecular complexity index is 877. The molecule has 3 heterocycles. The lowest BCUT2D eigenvalue weighted by Crippen LogP contribution is -1.98. The van der Waals surface area contributed by atoms with Crippen LogP contribution in [0.5, 0.6) is 0 Å². The predicted molar refractivity (Wildman–Crippen MR) is 60.9 cm³/mol. The fraction of sp³-hybridized carbons (Fsp3) is 0.143. The standard InChI is InChI=1S/C7H3N9O6/c1-14-5(3-7(16(19)20)13-22-11-3)8-4(9-14)2-6(15(17)18)12-21-10-2/h1H3. The molecule has 0 unspecified atom stereocenters. The molecule has 0 N–H and O–H groups in total. The van der Waals surface area contributed by atoms with E-state index in [0.29, 0.717) is 0 Å². The lowest BCUT2D eigenvalue weighted by molar-refractivity contribution is -0.390. The van der Waals surface area contributed by atoms with Gasteiger partial charge in [0.05, 0.1) is 0 Å². The van der Waals surface area contributed by atoms with E-state index in [0.717, 1.165) is 4.68 Å². The van der Waals surface area contributed by atoms with Gasteiger partial charge in [-0.3, -0.25) is 0 Å². The molecule has 112 valence electrons. The summed E-state index contributed by atoms with van der Waals surface area (Å²) in [5, 5.41) is 38.4. The second-order valence-corrected chi connectivity index (χ2v) is 3.77. The number of nitrogens with zero attached hydrogens (tertiary/aromatic N) is 9. The van der Waals surface area contributed by atoms with Gasteiger partial charge in [-0.15, -0.1) is 14.4 Å². The summed E-state index contributed by atoms with van der Waals surface area (Å²) in [6.45, 7) is 0. The van der Waals surface area contributed by atoms with Crippen LogP contribution in [0.25, 0.3) is 23.0 Å². The van der Waals surface area contributed by atoms with Crippen molar-refractivity contribution in [1.82, 2.24) is 35.4 Å². The van der Waals surface area contributed by atoms with Crippen molar-refractivity contribution in [2.24, 2.45) is 7.05 Å². The maximum absolute atomic E-state index is 10.8. The molecule has 0 spiro atoms. The van der Waals surface area contributed by atoms with Gasteiger partial charge < -0.3 is 20.2 Å². The van der Waals surface area contributed by atoms with Crippen LogP contribution in [-0.4, -0.2) is 45.2 Å². The second-order valence-electron chi connectivity index (χ2n) is 3.77. The van der Waals surface area contributed by atoms with E-state index in [1.165, 1.54) is 7.05 Å². The molecular formula is C7H3N9O6. The van der Waals surface area contributed by atoms with E-state index in [-0.39, 0.29) is 23.0 Å². The summed E-state index contributed by atoms with van der Waals surface area (Å²) in [7, 11) is 1.39. The second kappa shape index (κ2) is 4.65. The number of rotatable bonds is 4. The predicted octanol–water partition coefficient (Wildman–Crippen LogP) is -0.269. The smallest absolute Gasteiger partial charge is 0.358 e. The Morgan fingerprint density at radius 1 is 0.955 bits per heavy atom. The van der Waals surface area contributed by atoms with E-state index < -0.39 is 21.5 Å². The number of nitro groups is 2. The van der Waals surface area contributed by atoms with Gasteiger partial charge in [0.15, 0.2) is 16.1 Å².